The molecule has 25 heavy (non-hydrogen) atoms. The van der Waals surface area contributed by atoms with Crippen molar-refractivity contribution in [2.75, 3.05) is 12.1 Å². The maximum atomic E-state index is 13.3. The monoisotopic (exact) mass is 360 g/mol. The minimum Gasteiger partial charge on any atom is -0.454 e. The van der Waals surface area contributed by atoms with Gasteiger partial charge in [-0.15, -0.1) is 11.3 Å². The highest BCUT2D eigenvalue weighted by molar-refractivity contribution is 7.14. The molecule has 0 fully saturated rings. The van der Waals surface area contributed by atoms with Gasteiger partial charge in [0.1, 0.15) is 0 Å². The van der Waals surface area contributed by atoms with E-state index in [1.165, 1.54) is 17.4 Å². The zero-order valence-corrected chi connectivity index (χ0v) is 13.4. The first-order valence-electron chi connectivity index (χ1n) is 7.23. The second kappa shape index (κ2) is 6.14. The van der Waals surface area contributed by atoms with E-state index in [0.717, 1.165) is 12.1 Å². The predicted octanol–water partition coefficient (Wildman–Crippen LogP) is 4.07. The van der Waals surface area contributed by atoms with Crippen LogP contribution in [0, 0.1) is 11.6 Å². The van der Waals surface area contributed by atoms with Gasteiger partial charge < -0.3 is 9.47 Å². The molecule has 3 aromatic rings. The van der Waals surface area contributed by atoms with Gasteiger partial charge >= 0.3 is 0 Å². The third kappa shape index (κ3) is 2.91. The van der Waals surface area contributed by atoms with E-state index in [2.05, 4.69) is 10.3 Å². The molecule has 1 N–H and O–H groups in total. The van der Waals surface area contributed by atoms with Gasteiger partial charge in [-0.3, -0.25) is 10.1 Å². The van der Waals surface area contributed by atoms with Crippen LogP contribution in [-0.4, -0.2) is 17.7 Å². The second-order valence-corrected chi connectivity index (χ2v) is 6.02. The molecule has 1 aromatic heterocycles. The summed E-state index contributed by atoms with van der Waals surface area (Å²) in [4.78, 5) is 16.7. The fourth-order valence-electron chi connectivity index (χ4n) is 2.39. The van der Waals surface area contributed by atoms with Crippen LogP contribution >= 0.6 is 11.3 Å². The van der Waals surface area contributed by atoms with Crippen LogP contribution in [0.25, 0.3) is 11.3 Å². The number of benzene rings is 2. The summed E-state index contributed by atoms with van der Waals surface area (Å²) in [6.45, 7) is 0.0666. The number of hydrogen-bond donors (Lipinski definition) is 1. The molecule has 0 radical (unpaired) electrons. The first-order chi connectivity index (χ1) is 12.1. The van der Waals surface area contributed by atoms with E-state index in [4.69, 9.17) is 9.47 Å². The molecule has 0 saturated carbocycles. The first kappa shape index (κ1) is 15.5. The standard InChI is InChI=1S/C17H10F2N2O3S/c18-11-5-4-9(6-12(11)19)13-7-25-17(20-13)21-16(22)10-2-1-3-14-15(10)24-8-23-14/h1-7H,8H2,(H,20,21,22). The Kier molecular flexibility index (Phi) is 3.81. The number of hydrogen-bond acceptors (Lipinski definition) is 5. The molecule has 2 aromatic carbocycles. The van der Waals surface area contributed by atoms with Crippen molar-refractivity contribution in [1.82, 2.24) is 4.98 Å². The van der Waals surface area contributed by atoms with Gasteiger partial charge in [0.05, 0.1) is 11.3 Å². The van der Waals surface area contributed by atoms with E-state index in [1.807, 2.05) is 0 Å². The largest absolute Gasteiger partial charge is 0.454 e. The Morgan fingerprint density at radius 3 is 2.88 bits per heavy atom. The molecule has 1 aliphatic rings. The highest BCUT2D eigenvalue weighted by atomic mass is 32.1. The molecule has 1 amide bonds. The number of anilines is 1. The number of aromatic nitrogens is 1. The van der Waals surface area contributed by atoms with Gasteiger partial charge in [0.2, 0.25) is 6.79 Å². The number of thiazole rings is 1. The van der Waals surface area contributed by atoms with Crippen LogP contribution in [0.1, 0.15) is 10.4 Å². The van der Waals surface area contributed by atoms with Crippen LogP contribution in [0.4, 0.5) is 13.9 Å². The number of halogens is 2. The zero-order valence-electron chi connectivity index (χ0n) is 12.6. The SMILES string of the molecule is O=C(Nc1nc(-c2ccc(F)c(F)c2)cs1)c1cccc2c1OCO2. The van der Waals surface area contributed by atoms with Crippen LogP contribution in [0.15, 0.2) is 41.8 Å². The van der Waals surface area contributed by atoms with E-state index in [0.29, 0.717) is 33.5 Å². The van der Waals surface area contributed by atoms with E-state index >= 15 is 0 Å². The minimum atomic E-state index is -0.951. The molecule has 2 heterocycles. The number of nitrogens with zero attached hydrogens (tertiary/aromatic N) is 1. The number of para-hydroxylation sites is 1. The number of carbonyl (C=O) groups excluding carboxylic acids is 1. The normalized spacial score (nSPS) is 12.2. The van der Waals surface area contributed by atoms with Gasteiger partial charge in [-0.2, -0.15) is 0 Å². The first-order valence-corrected chi connectivity index (χ1v) is 8.11. The van der Waals surface area contributed by atoms with Gasteiger partial charge in [0, 0.05) is 10.9 Å². The summed E-state index contributed by atoms with van der Waals surface area (Å²) in [7, 11) is 0. The summed E-state index contributed by atoms with van der Waals surface area (Å²) < 4.78 is 36.9. The molecule has 0 spiro atoms. The third-order valence-electron chi connectivity index (χ3n) is 3.58. The quantitative estimate of drug-likeness (QED) is 0.765. The Labute approximate surface area is 144 Å². The molecule has 0 bridgehead atoms. The van der Waals surface area contributed by atoms with Gasteiger partial charge in [-0.05, 0) is 30.3 Å². The molecule has 126 valence electrons. The van der Waals surface area contributed by atoms with Gasteiger partial charge in [-0.1, -0.05) is 6.07 Å². The van der Waals surface area contributed by atoms with Crippen molar-refractivity contribution in [2.45, 2.75) is 0 Å². The van der Waals surface area contributed by atoms with Crippen molar-refractivity contribution < 1.29 is 23.0 Å². The topological polar surface area (TPSA) is 60.5 Å². The third-order valence-corrected chi connectivity index (χ3v) is 4.34. The second-order valence-electron chi connectivity index (χ2n) is 5.16. The molecule has 8 heteroatoms. The highest BCUT2D eigenvalue weighted by Crippen LogP contribution is 2.36. The summed E-state index contributed by atoms with van der Waals surface area (Å²) in [6.07, 6.45) is 0. The van der Waals surface area contributed by atoms with E-state index in [1.54, 1.807) is 23.6 Å². The Hall–Kier alpha value is -3.00. The maximum Gasteiger partial charge on any atom is 0.261 e. The molecule has 0 aliphatic carbocycles. The van der Waals surface area contributed by atoms with Crippen molar-refractivity contribution in [3.63, 3.8) is 0 Å². The van der Waals surface area contributed by atoms with E-state index in [-0.39, 0.29) is 6.79 Å². The Morgan fingerprint density at radius 2 is 2.04 bits per heavy atom. The fourth-order valence-corrected chi connectivity index (χ4v) is 3.11. The predicted molar refractivity (Wildman–Crippen MR) is 88.0 cm³/mol. The number of carbonyl (C=O) groups is 1. The minimum absolute atomic E-state index is 0.0666. The lowest BCUT2D eigenvalue weighted by atomic mass is 10.1. The van der Waals surface area contributed by atoms with E-state index < -0.39 is 17.5 Å². The van der Waals surface area contributed by atoms with Gasteiger partial charge in [-0.25, -0.2) is 13.8 Å². The lowest BCUT2D eigenvalue weighted by Crippen LogP contribution is -2.12. The average molecular weight is 360 g/mol. The smallest absolute Gasteiger partial charge is 0.261 e. The Bertz CT molecular complexity index is 974. The highest BCUT2D eigenvalue weighted by Gasteiger charge is 2.22. The summed E-state index contributed by atoms with van der Waals surface area (Å²) in [6, 6.07) is 8.54. The summed E-state index contributed by atoms with van der Waals surface area (Å²) in [5.74, 6) is -1.37. The number of fused-ring (bicyclic) bond motifs is 1. The van der Waals surface area contributed by atoms with Crippen molar-refractivity contribution >= 4 is 22.4 Å². The van der Waals surface area contributed by atoms with Crippen molar-refractivity contribution in [3.8, 4) is 22.8 Å². The molecule has 0 atom stereocenters. The average Bonchev–Trinajstić information content (AvgIpc) is 3.26. The van der Waals surface area contributed by atoms with E-state index in [9.17, 15) is 13.6 Å². The number of ether oxygens (including phenoxy) is 2. The van der Waals surface area contributed by atoms with Crippen LogP contribution < -0.4 is 14.8 Å². The Balaban J connectivity index is 1.56. The van der Waals surface area contributed by atoms with Crippen molar-refractivity contribution in [3.05, 3.63) is 59.0 Å². The summed E-state index contributed by atoms with van der Waals surface area (Å²) >= 11 is 1.18. The van der Waals surface area contributed by atoms with Crippen LogP contribution in [-0.2, 0) is 0 Å². The molecule has 5 nitrogen and oxygen atoms in total. The molecule has 0 saturated heterocycles. The molecular formula is C17H10F2N2O3S. The molecule has 1 aliphatic heterocycles. The molecule has 4 rings (SSSR count). The fraction of sp³-hybridized carbons (Fsp3) is 0.0588. The molecule has 0 unspecified atom stereocenters. The van der Waals surface area contributed by atoms with Crippen LogP contribution in [0.2, 0.25) is 0 Å². The van der Waals surface area contributed by atoms with Gasteiger partial charge in [0.15, 0.2) is 28.3 Å². The number of rotatable bonds is 3. The lowest BCUT2D eigenvalue weighted by Gasteiger charge is -2.05. The summed E-state index contributed by atoms with van der Waals surface area (Å²) in [5.41, 5.74) is 1.20. The summed E-state index contributed by atoms with van der Waals surface area (Å²) in [5, 5.41) is 4.65. The zero-order chi connectivity index (χ0) is 17.4. The molecular weight excluding hydrogens is 350 g/mol. The van der Waals surface area contributed by atoms with Crippen molar-refractivity contribution in [1.29, 1.82) is 0 Å². The number of amides is 1. The van der Waals surface area contributed by atoms with Gasteiger partial charge in [0.25, 0.3) is 5.91 Å². The Morgan fingerprint density at radius 1 is 1.16 bits per heavy atom. The lowest BCUT2D eigenvalue weighted by molar-refractivity contribution is 0.102. The number of nitrogens with one attached hydrogen (secondary N) is 1. The maximum absolute atomic E-state index is 13.3. The van der Waals surface area contributed by atoms with Crippen molar-refractivity contribution in [2.24, 2.45) is 0 Å². The van der Waals surface area contributed by atoms with Crippen LogP contribution in [0.5, 0.6) is 11.5 Å². The van der Waals surface area contributed by atoms with Crippen LogP contribution in [0.3, 0.4) is 0 Å².